The molecule has 0 saturated carbocycles. The van der Waals surface area contributed by atoms with Crippen LogP contribution in [0, 0.1) is 11.3 Å². The van der Waals surface area contributed by atoms with E-state index in [0.717, 1.165) is 18.8 Å². The lowest BCUT2D eigenvalue weighted by Gasteiger charge is -2.28. The Bertz CT molecular complexity index is 2220. The van der Waals surface area contributed by atoms with Crippen LogP contribution in [0.3, 0.4) is 0 Å². The second kappa shape index (κ2) is 13.7. The first-order valence-corrected chi connectivity index (χ1v) is 18.3. The molecule has 0 radical (unpaired) electrons. The largest absolute Gasteiger partial charge is 0.487 e. The fraction of sp³-hybridized carbons (Fsp3) is 0.316. The smallest absolute Gasteiger partial charge is 0.410 e. The van der Waals surface area contributed by atoms with Crippen LogP contribution in [0.25, 0.3) is 33.5 Å². The van der Waals surface area contributed by atoms with Crippen LogP contribution in [-0.4, -0.2) is 84.4 Å². The van der Waals surface area contributed by atoms with Gasteiger partial charge < -0.3 is 24.0 Å². The molecule has 262 valence electrons. The number of fused-ring (bicyclic) bond motifs is 1. The van der Waals surface area contributed by atoms with Crippen molar-refractivity contribution in [1.82, 2.24) is 18.8 Å². The first-order chi connectivity index (χ1) is 24.5. The molecule has 2 aliphatic heterocycles. The summed E-state index contributed by atoms with van der Waals surface area (Å²) in [5.74, 6) is 0.382. The van der Waals surface area contributed by atoms with Crippen molar-refractivity contribution < 1.29 is 27.4 Å². The number of morpholine rings is 1. The molecule has 4 heterocycles. The molecule has 0 spiro atoms. The molecule has 1 amide bonds. The Hall–Kier alpha value is -5.45. The number of amides is 1. The zero-order chi connectivity index (χ0) is 35.8. The number of rotatable bonds is 7. The van der Waals surface area contributed by atoms with Gasteiger partial charge in [0, 0.05) is 42.7 Å². The molecule has 0 aliphatic carbocycles. The molecule has 7 rings (SSSR count). The van der Waals surface area contributed by atoms with Gasteiger partial charge in [-0.1, -0.05) is 30.3 Å². The van der Waals surface area contributed by atoms with E-state index < -0.39 is 21.7 Å². The molecule has 1 atom stereocenters. The van der Waals surface area contributed by atoms with Crippen molar-refractivity contribution in [2.75, 3.05) is 44.3 Å². The van der Waals surface area contributed by atoms with Gasteiger partial charge in [-0.25, -0.2) is 27.2 Å². The quantitative estimate of drug-likeness (QED) is 0.195. The Labute approximate surface area is 296 Å². The molecule has 2 aromatic heterocycles. The van der Waals surface area contributed by atoms with Crippen LogP contribution in [0.2, 0.25) is 0 Å². The highest BCUT2D eigenvalue weighted by Gasteiger charge is 2.32. The van der Waals surface area contributed by atoms with Gasteiger partial charge in [0.15, 0.2) is 5.65 Å². The lowest BCUT2D eigenvalue weighted by molar-refractivity contribution is 0.0275. The molecule has 0 N–H and O–H groups in total. The maximum absolute atomic E-state index is 14.3. The van der Waals surface area contributed by atoms with E-state index in [4.69, 9.17) is 14.2 Å². The van der Waals surface area contributed by atoms with Crippen molar-refractivity contribution >= 4 is 32.8 Å². The first kappa shape index (κ1) is 34.0. The van der Waals surface area contributed by atoms with Crippen LogP contribution in [0.1, 0.15) is 32.8 Å². The number of nitriles is 1. The van der Waals surface area contributed by atoms with Gasteiger partial charge in [-0.15, -0.1) is 0 Å². The molecule has 1 unspecified atom stereocenters. The van der Waals surface area contributed by atoms with Gasteiger partial charge in [-0.2, -0.15) is 5.26 Å². The molecule has 5 aromatic rings. The maximum Gasteiger partial charge on any atom is 0.410 e. The average Bonchev–Trinajstić information content (AvgIpc) is 3.78. The van der Waals surface area contributed by atoms with Gasteiger partial charge in [0.05, 0.1) is 41.6 Å². The fourth-order valence-electron chi connectivity index (χ4n) is 6.39. The number of hydrogen-bond acceptors (Lipinski definition) is 10. The third-order valence-corrected chi connectivity index (χ3v) is 10.6. The van der Waals surface area contributed by atoms with E-state index in [1.165, 1.54) is 10.3 Å². The van der Waals surface area contributed by atoms with Crippen LogP contribution >= 0.6 is 0 Å². The molecular formula is C38H38N6O6S. The third kappa shape index (κ3) is 6.97. The van der Waals surface area contributed by atoms with Gasteiger partial charge >= 0.3 is 6.09 Å². The number of benzene rings is 3. The van der Waals surface area contributed by atoms with E-state index in [1.807, 2.05) is 45.0 Å². The SMILES string of the molecule is CC(C)(C)OC(=O)N1CCC(Oc2ccc(-c3ncnc4c3cc(-c3ccc(N5CCOCC5)cc3)n4S(=O)(=O)c3ccccc3)cc2C#N)C1. The van der Waals surface area contributed by atoms with Gasteiger partial charge in [0.25, 0.3) is 10.0 Å². The summed E-state index contributed by atoms with van der Waals surface area (Å²) in [7, 11) is -4.09. The van der Waals surface area contributed by atoms with E-state index in [1.54, 1.807) is 59.5 Å². The average molecular weight is 707 g/mol. The summed E-state index contributed by atoms with van der Waals surface area (Å²) in [6, 6.07) is 25.2. The number of likely N-dealkylation sites (tertiary alicyclic amines) is 1. The van der Waals surface area contributed by atoms with Gasteiger partial charge in [-0.3, -0.25) is 0 Å². The predicted octanol–water partition coefficient (Wildman–Crippen LogP) is 6.10. The summed E-state index contributed by atoms with van der Waals surface area (Å²) in [5.41, 5.74) is 3.10. The van der Waals surface area contributed by atoms with Crippen LogP contribution in [0.15, 0.2) is 90.1 Å². The normalized spacial score (nSPS) is 16.6. The van der Waals surface area contributed by atoms with Crippen molar-refractivity contribution in [3.8, 4) is 34.3 Å². The van der Waals surface area contributed by atoms with Crippen molar-refractivity contribution in [3.05, 3.63) is 90.8 Å². The van der Waals surface area contributed by atoms with E-state index in [2.05, 4.69) is 20.9 Å². The first-order valence-electron chi connectivity index (χ1n) is 16.8. The summed E-state index contributed by atoms with van der Waals surface area (Å²) in [4.78, 5) is 25.6. The third-order valence-electron chi connectivity index (χ3n) is 8.84. The zero-order valence-corrected chi connectivity index (χ0v) is 29.5. The number of nitrogens with zero attached hydrogens (tertiary/aromatic N) is 6. The van der Waals surface area contributed by atoms with Crippen LogP contribution in [0.4, 0.5) is 10.5 Å². The molecule has 12 nitrogen and oxygen atoms in total. The highest BCUT2D eigenvalue weighted by Crippen LogP contribution is 2.37. The Morgan fingerprint density at radius 1 is 0.941 bits per heavy atom. The van der Waals surface area contributed by atoms with Gasteiger partial charge in [0.1, 0.15) is 29.9 Å². The lowest BCUT2D eigenvalue weighted by atomic mass is 10.0. The number of anilines is 1. The number of hydrogen-bond donors (Lipinski definition) is 0. The highest BCUT2D eigenvalue weighted by molar-refractivity contribution is 7.90. The maximum atomic E-state index is 14.3. The monoisotopic (exact) mass is 706 g/mol. The van der Waals surface area contributed by atoms with Crippen LogP contribution in [0.5, 0.6) is 5.75 Å². The predicted molar refractivity (Wildman–Crippen MR) is 192 cm³/mol. The summed E-state index contributed by atoms with van der Waals surface area (Å²) in [6.45, 7) is 9.16. The van der Waals surface area contributed by atoms with Crippen molar-refractivity contribution in [1.29, 1.82) is 5.26 Å². The molecule has 2 fully saturated rings. The number of aromatic nitrogens is 3. The Morgan fingerprint density at radius 2 is 1.67 bits per heavy atom. The highest BCUT2D eigenvalue weighted by atomic mass is 32.2. The molecule has 3 aromatic carbocycles. The Morgan fingerprint density at radius 3 is 2.37 bits per heavy atom. The van der Waals surface area contributed by atoms with E-state index in [0.29, 0.717) is 66.4 Å². The van der Waals surface area contributed by atoms with Gasteiger partial charge in [0.2, 0.25) is 0 Å². The Balaban J connectivity index is 1.25. The van der Waals surface area contributed by atoms with Crippen molar-refractivity contribution in [2.24, 2.45) is 0 Å². The standard InChI is InChI=1S/C38H38N6O6S/c1-38(2,3)50-37(45)43-16-15-30(24-43)49-34-14-11-27(21-28(34)23-39)35-32-22-33(26-9-12-29(13-10-26)42-17-19-48-20-18-42)44(36(32)41-25-40-35)51(46,47)31-7-5-4-6-8-31/h4-14,21-22,25,30H,15-20,24H2,1-3H3. The number of carbonyl (C=O) groups is 1. The van der Waals surface area contributed by atoms with Crippen molar-refractivity contribution in [2.45, 2.75) is 43.8 Å². The minimum atomic E-state index is -4.09. The summed E-state index contributed by atoms with van der Waals surface area (Å²) >= 11 is 0. The summed E-state index contributed by atoms with van der Waals surface area (Å²) in [5, 5.41) is 10.7. The number of carbonyl (C=O) groups excluding carboxylic acids is 1. The second-order valence-corrected chi connectivity index (χ2v) is 15.3. The minimum absolute atomic E-state index is 0.124. The van der Waals surface area contributed by atoms with Gasteiger partial charge in [-0.05, 0) is 74.9 Å². The lowest BCUT2D eigenvalue weighted by Crippen LogP contribution is -2.36. The Kier molecular flexibility index (Phi) is 9.13. The van der Waals surface area contributed by atoms with Crippen LogP contribution < -0.4 is 9.64 Å². The fourth-order valence-corrected chi connectivity index (χ4v) is 7.89. The molecule has 0 bridgehead atoms. The number of ether oxygens (including phenoxy) is 3. The topological polar surface area (TPSA) is 140 Å². The summed E-state index contributed by atoms with van der Waals surface area (Å²) in [6.07, 6.45) is 1.22. The molecule has 2 saturated heterocycles. The molecule has 13 heteroatoms. The van der Waals surface area contributed by atoms with E-state index in [-0.39, 0.29) is 22.2 Å². The minimum Gasteiger partial charge on any atom is -0.487 e. The second-order valence-electron chi connectivity index (χ2n) is 13.5. The molecule has 2 aliphatic rings. The van der Waals surface area contributed by atoms with Crippen molar-refractivity contribution in [3.63, 3.8) is 0 Å². The summed E-state index contributed by atoms with van der Waals surface area (Å²) < 4.78 is 47.1. The molecular weight excluding hydrogens is 669 g/mol. The van der Waals surface area contributed by atoms with E-state index in [9.17, 15) is 18.5 Å². The van der Waals surface area contributed by atoms with Crippen LogP contribution in [-0.2, 0) is 19.5 Å². The van der Waals surface area contributed by atoms with E-state index >= 15 is 0 Å². The molecule has 51 heavy (non-hydrogen) atoms. The zero-order valence-electron chi connectivity index (χ0n) is 28.7.